The second-order valence-electron chi connectivity index (χ2n) is 7.01. The van der Waals surface area contributed by atoms with E-state index >= 15 is 0 Å². The molecule has 0 saturated carbocycles. The zero-order valence-electron chi connectivity index (χ0n) is 15.6. The highest BCUT2D eigenvalue weighted by molar-refractivity contribution is 5.80. The maximum absolute atomic E-state index is 11.8. The highest BCUT2D eigenvalue weighted by Crippen LogP contribution is 2.19. The van der Waals surface area contributed by atoms with Crippen molar-refractivity contribution >= 4 is 11.9 Å². The Balaban J connectivity index is 1.68. The van der Waals surface area contributed by atoms with Crippen LogP contribution < -0.4 is 5.32 Å². The minimum atomic E-state index is -0.0422. The molecule has 0 radical (unpaired) electrons. The largest absolute Gasteiger partial charge is 0.466 e. The van der Waals surface area contributed by atoms with Crippen LogP contribution in [0.1, 0.15) is 39.5 Å². The van der Waals surface area contributed by atoms with Gasteiger partial charge >= 0.3 is 5.97 Å². The monoisotopic (exact) mass is 338 g/mol. The van der Waals surface area contributed by atoms with Gasteiger partial charge in [-0.25, -0.2) is 0 Å². The van der Waals surface area contributed by atoms with Crippen molar-refractivity contribution in [2.75, 3.05) is 52.9 Å². The van der Waals surface area contributed by atoms with Crippen LogP contribution in [-0.2, 0) is 9.53 Å². The normalized spacial score (nSPS) is 21.8. The van der Waals surface area contributed by atoms with Crippen molar-refractivity contribution in [3.63, 3.8) is 0 Å². The molecule has 0 spiro atoms. The van der Waals surface area contributed by atoms with E-state index in [1.165, 1.54) is 25.9 Å². The molecule has 2 fully saturated rings. The van der Waals surface area contributed by atoms with Gasteiger partial charge in [0.05, 0.1) is 12.5 Å². The Bertz CT molecular complexity index is 411. The van der Waals surface area contributed by atoms with Gasteiger partial charge in [-0.3, -0.25) is 9.79 Å². The van der Waals surface area contributed by atoms with Crippen LogP contribution in [0, 0.1) is 11.8 Å². The van der Waals surface area contributed by atoms with Gasteiger partial charge in [-0.2, -0.15) is 0 Å². The van der Waals surface area contributed by atoms with Gasteiger partial charge in [0.25, 0.3) is 0 Å². The van der Waals surface area contributed by atoms with Gasteiger partial charge in [0.1, 0.15) is 0 Å². The topological polar surface area (TPSA) is 57.2 Å². The summed E-state index contributed by atoms with van der Waals surface area (Å²) in [5.41, 5.74) is 0. The molecule has 1 N–H and O–H groups in total. The van der Waals surface area contributed by atoms with E-state index < -0.39 is 0 Å². The van der Waals surface area contributed by atoms with Gasteiger partial charge in [-0.05, 0) is 51.6 Å². The fraction of sp³-hybridized carbons (Fsp3) is 0.889. The molecule has 6 heteroatoms. The Morgan fingerprint density at radius 1 is 1.17 bits per heavy atom. The lowest BCUT2D eigenvalue weighted by Gasteiger charge is -2.34. The summed E-state index contributed by atoms with van der Waals surface area (Å²) in [5, 5.41) is 3.48. The van der Waals surface area contributed by atoms with E-state index in [2.05, 4.69) is 27.0 Å². The van der Waals surface area contributed by atoms with Crippen LogP contribution in [0.5, 0.6) is 0 Å². The number of nitrogens with one attached hydrogen (secondary N) is 1. The second-order valence-corrected chi connectivity index (χ2v) is 7.01. The SMILES string of the molecule is CCOC(=O)C1CCN(C(=NC)NCCN2CCC(C)CC2)CC1. The number of hydrogen-bond acceptors (Lipinski definition) is 4. The fourth-order valence-electron chi connectivity index (χ4n) is 3.53. The molecule has 138 valence electrons. The lowest BCUT2D eigenvalue weighted by Crippen LogP contribution is -2.48. The number of rotatable bonds is 5. The molecular formula is C18H34N4O2. The molecule has 0 atom stereocenters. The molecule has 0 bridgehead atoms. The molecule has 0 amide bonds. The van der Waals surface area contributed by atoms with E-state index in [9.17, 15) is 4.79 Å². The van der Waals surface area contributed by atoms with Gasteiger partial charge in [0.2, 0.25) is 0 Å². The average molecular weight is 338 g/mol. The molecule has 6 nitrogen and oxygen atoms in total. The summed E-state index contributed by atoms with van der Waals surface area (Å²) in [6.07, 6.45) is 4.33. The van der Waals surface area contributed by atoms with Crippen molar-refractivity contribution < 1.29 is 9.53 Å². The number of esters is 1. The van der Waals surface area contributed by atoms with Crippen molar-refractivity contribution in [2.24, 2.45) is 16.8 Å². The Hall–Kier alpha value is -1.30. The Morgan fingerprint density at radius 2 is 1.83 bits per heavy atom. The maximum Gasteiger partial charge on any atom is 0.309 e. The standard InChI is InChI=1S/C18H34N4O2/c1-4-24-17(23)16-7-12-22(13-8-16)18(19-3)20-9-14-21-10-5-15(2)6-11-21/h15-16H,4-14H2,1-3H3,(H,19,20). The first-order valence-corrected chi connectivity index (χ1v) is 9.48. The van der Waals surface area contributed by atoms with Crippen LogP contribution in [0.2, 0.25) is 0 Å². The Morgan fingerprint density at radius 3 is 2.42 bits per heavy atom. The molecule has 2 aliphatic heterocycles. The highest BCUT2D eigenvalue weighted by Gasteiger charge is 2.27. The van der Waals surface area contributed by atoms with Crippen molar-refractivity contribution in [3.8, 4) is 0 Å². The van der Waals surface area contributed by atoms with Gasteiger partial charge in [-0.1, -0.05) is 6.92 Å². The van der Waals surface area contributed by atoms with Gasteiger partial charge in [-0.15, -0.1) is 0 Å². The number of ether oxygens (including phenoxy) is 1. The van der Waals surface area contributed by atoms with E-state index in [0.717, 1.165) is 50.9 Å². The predicted octanol–water partition coefficient (Wildman–Crippen LogP) is 1.57. The van der Waals surface area contributed by atoms with Crippen molar-refractivity contribution in [3.05, 3.63) is 0 Å². The summed E-state index contributed by atoms with van der Waals surface area (Å²) in [7, 11) is 1.84. The zero-order chi connectivity index (χ0) is 17.4. The molecule has 0 aliphatic carbocycles. The summed E-state index contributed by atoms with van der Waals surface area (Å²) in [5.74, 6) is 1.85. The molecule has 2 saturated heterocycles. The van der Waals surface area contributed by atoms with Gasteiger partial charge in [0.15, 0.2) is 5.96 Å². The first-order chi connectivity index (χ1) is 11.6. The van der Waals surface area contributed by atoms with Crippen LogP contribution in [0.4, 0.5) is 0 Å². The minimum absolute atomic E-state index is 0.0422. The molecule has 0 aromatic heterocycles. The lowest BCUT2D eigenvalue weighted by atomic mass is 9.97. The molecule has 0 aromatic rings. The smallest absolute Gasteiger partial charge is 0.309 e. The third-order valence-electron chi connectivity index (χ3n) is 5.21. The molecule has 2 aliphatic rings. The van der Waals surface area contributed by atoms with E-state index in [-0.39, 0.29) is 11.9 Å². The van der Waals surface area contributed by atoms with Crippen molar-refractivity contribution in [1.82, 2.24) is 15.1 Å². The number of aliphatic imine (C=N–C) groups is 1. The molecule has 2 rings (SSSR count). The quantitative estimate of drug-likeness (QED) is 0.468. The van der Waals surface area contributed by atoms with E-state index in [1.807, 2.05) is 14.0 Å². The number of guanidine groups is 1. The van der Waals surface area contributed by atoms with E-state index in [0.29, 0.717) is 6.61 Å². The second kappa shape index (κ2) is 9.87. The first kappa shape index (κ1) is 19.0. The predicted molar refractivity (Wildman–Crippen MR) is 97.1 cm³/mol. The van der Waals surface area contributed by atoms with Crippen LogP contribution in [0.15, 0.2) is 4.99 Å². The van der Waals surface area contributed by atoms with Gasteiger partial charge in [0, 0.05) is 33.2 Å². The summed E-state index contributed by atoms with van der Waals surface area (Å²) < 4.78 is 5.13. The summed E-state index contributed by atoms with van der Waals surface area (Å²) >= 11 is 0. The van der Waals surface area contributed by atoms with E-state index in [1.54, 1.807) is 0 Å². The molecule has 2 heterocycles. The van der Waals surface area contributed by atoms with Crippen LogP contribution in [0.3, 0.4) is 0 Å². The molecule has 24 heavy (non-hydrogen) atoms. The number of piperidine rings is 2. The van der Waals surface area contributed by atoms with Crippen molar-refractivity contribution in [1.29, 1.82) is 0 Å². The Labute approximate surface area is 146 Å². The number of carbonyl (C=O) groups excluding carboxylic acids is 1. The molecular weight excluding hydrogens is 304 g/mol. The number of hydrogen-bond donors (Lipinski definition) is 1. The number of carbonyl (C=O) groups is 1. The van der Waals surface area contributed by atoms with Crippen LogP contribution in [0.25, 0.3) is 0 Å². The highest BCUT2D eigenvalue weighted by atomic mass is 16.5. The third kappa shape index (κ3) is 5.65. The molecule has 0 unspecified atom stereocenters. The Kier molecular flexibility index (Phi) is 7.82. The van der Waals surface area contributed by atoms with E-state index in [4.69, 9.17) is 4.74 Å². The van der Waals surface area contributed by atoms with Gasteiger partial charge < -0.3 is 19.9 Å². The lowest BCUT2D eigenvalue weighted by molar-refractivity contribution is -0.149. The summed E-state index contributed by atoms with van der Waals surface area (Å²) in [4.78, 5) is 21.0. The van der Waals surface area contributed by atoms with Crippen LogP contribution in [-0.4, -0.2) is 74.7 Å². The van der Waals surface area contributed by atoms with Crippen molar-refractivity contribution in [2.45, 2.75) is 39.5 Å². The number of nitrogens with zero attached hydrogens (tertiary/aromatic N) is 3. The molecule has 0 aromatic carbocycles. The first-order valence-electron chi connectivity index (χ1n) is 9.48. The summed E-state index contributed by atoms with van der Waals surface area (Å²) in [6, 6.07) is 0. The summed E-state index contributed by atoms with van der Waals surface area (Å²) in [6.45, 7) is 10.8. The fourth-order valence-corrected chi connectivity index (χ4v) is 3.53. The average Bonchev–Trinajstić information content (AvgIpc) is 2.61. The minimum Gasteiger partial charge on any atom is -0.466 e. The third-order valence-corrected chi connectivity index (χ3v) is 5.21. The zero-order valence-corrected chi connectivity index (χ0v) is 15.6. The van der Waals surface area contributed by atoms with Crippen LogP contribution >= 0.6 is 0 Å². The maximum atomic E-state index is 11.8. The number of likely N-dealkylation sites (tertiary alicyclic amines) is 2.